The fourth-order valence-corrected chi connectivity index (χ4v) is 2.07. The predicted octanol–water partition coefficient (Wildman–Crippen LogP) is 1.45. The Hall–Kier alpha value is -2.62. The molecular weight excluding hydrogens is 298 g/mol. The van der Waals surface area contributed by atoms with E-state index in [0.717, 1.165) is 11.8 Å². The van der Waals surface area contributed by atoms with Crippen LogP contribution in [0.2, 0.25) is 0 Å². The zero-order valence-electron chi connectivity index (χ0n) is 10.9. The molecule has 0 radical (unpaired) electrons. The van der Waals surface area contributed by atoms with Gasteiger partial charge in [0.1, 0.15) is 12.1 Å². The molecule has 0 saturated heterocycles. The summed E-state index contributed by atoms with van der Waals surface area (Å²) in [4.78, 5) is 25.9. The Morgan fingerprint density at radius 1 is 1.57 bits per heavy atom. The van der Waals surface area contributed by atoms with E-state index in [-0.39, 0.29) is 23.0 Å². The Morgan fingerprint density at radius 2 is 2.38 bits per heavy atom. The van der Waals surface area contributed by atoms with Crippen LogP contribution >= 0.6 is 11.8 Å². The minimum Gasteiger partial charge on any atom is -0.495 e. The molecule has 110 valence electrons. The van der Waals surface area contributed by atoms with Crippen LogP contribution in [-0.2, 0) is 4.79 Å². The summed E-state index contributed by atoms with van der Waals surface area (Å²) < 4.78 is 5.06. The molecule has 9 nitrogen and oxygen atoms in total. The van der Waals surface area contributed by atoms with Crippen molar-refractivity contribution in [3.8, 4) is 5.75 Å². The van der Waals surface area contributed by atoms with Gasteiger partial charge in [0, 0.05) is 12.1 Å². The third-order valence-electron chi connectivity index (χ3n) is 2.40. The standard InChI is InChI=1S/C11H11N5O4S/c1-20-9-3-2-7(16(18)19)4-8(9)14-10(17)5-21-11-12-6-13-15-11/h2-4,6H,5H2,1H3,(H,14,17)(H,12,13,15). The number of carbonyl (C=O) groups is 1. The monoisotopic (exact) mass is 309 g/mol. The van der Waals surface area contributed by atoms with Gasteiger partial charge in [-0.3, -0.25) is 20.0 Å². The molecule has 10 heteroatoms. The summed E-state index contributed by atoms with van der Waals surface area (Å²) in [6.07, 6.45) is 1.34. The van der Waals surface area contributed by atoms with Crippen LogP contribution in [0.25, 0.3) is 0 Å². The topological polar surface area (TPSA) is 123 Å². The second kappa shape index (κ2) is 6.70. The van der Waals surface area contributed by atoms with Crippen molar-refractivity contribution in [2.45, 2.75) is 5.16 Å². The minimum atomic E-state index is -0.543. The number of aromatic amines is 1. The van der Waals surface area contributed by atoms with Gasteiger partial charge in [0.25, 0.3) is 5.69 Å². The lowest BCUT2D eigenvalue weighted by Crippen LogP contribution is -2.15. The highest BCUT2D eigenvalue weighted by atomic mass is 32.2. The van der Waals surface area contributed by atoms with E-state index < -0.39 is 4.92 Å². The summed E-state index contributed by atoms with van der Waals surface area (Å²) >= 11 is 1.16. The van der Waals surface area contributed by atoms with Crippen LogP contribution in [0, 0.1) is 10.1 Å². The molecule has 0 saturated carbocycles. The number of benzene rings is 1. The van der Waals surface area contributed by atoms with Crippen molar-refractivity contribution in [3.05, 3.63) is 34.6 Å². The maximum Gasteiger partial charge on any atom is 0.271 e. The Kier molecular flexibility index (Phi) is 4.72. The number of nitrogens with zero attached hydrogens (tertiary/aromatic N) is 3. The summed E-state index contributed by atoms with van der Waals surface area (Å²) in [6.45, 7) is 0. The summed E-state index contributed by atoms with van der Waals surface area (Å²) in [5, 5.41) is 20.1. The quantitative estimate of drug-likeness (QED) is 0.470. The number of amides is 1. The maximum atomic E-state index is 11.8. The second-order valence-electron chi connectivity index (χ2n) is 3.77. The van der Waals surface area contributed by atoms with E-state index in [1.54, 1.807) is 0 Å². The average molecular weight is 309 g/mol. The summed E-state index contributed by atoms with van der Waals surface area (Å²) in [7, 11) is 1.42. The van der Waals surface area contributed by atoms with E-state index in [0.29, 0.717) is 10.9 Å². The highest BCUT2D eigenvalue weighted by Gasteiger charge is 2.14. The van der Waals surface area contributed by atoms with E-state index in [1.165, 1.54) is 31.6 Å². The van der Waals surface area contributed by atoms with Crippen molar-refractivity contribution in [3.63, 3.8) is 0 Å². The largest absolute Gasteiger partial charge is 0.495 e. The van der Waals surface area contributed by atoms with Crippen LogP contribution < -0.4 is 10.1 Å². The molecule has 0 spiro atoms. The number of ether oxygens (including phenoxy) is 1. The van der Waals surface area contributed by atoms with Crippen LogP contribution in [0.4, 0.5) is 11.4 Å². The van der Waals surface area contributed by atoms with Crippen molar-refractivity contribution >= 4 is 29.0 Å². The smallest absolute Gasteiger partial charge is 0.271 e. The van der Waals surface area contributed by atoms with Gasteiger partial charge >= 0.3 is 0 Å². The molecule has 0 aliphatic carbocycles. The van der Waals surface area contributed by atoms with Gasteiger partial charge in [0.2, 0.25) is 5.91 Å². The molecule has 2 aromatic rings. The highest BCUT2D eigenvalue weighted by Crippen LogP contribution is 2.29. The second-order valence-corrected chi connectivity index (χ2v) is 4.73. The number of rotatable bonds is 6. The van der Waals surface area contributed by atoms with Crippen LogP contribution in [0.5, 0.6) is 5.75 Å². The molecule has 0 aliphatic rings. The summed E-state index contributed by atoms with van der Waals surface area (Å²) in [5.41, 5.74) is 0.115. The number of non-ortho nitro benzene ring substituents is 1. The van der Waals surface area contributed by atoms with Gasteiger partial charge in [0.05, 0.1) is 23.5 Å². The zero-order chi connectivity index (χ0) is 15.2. The van der Waals surface area contributed by atoms with Crippen molar-refractivity contribution in [2.75, 3.05) is 18.2 Å². The lowest BCUT2D eigenvalue weighted by atomic mass is 10.2. The van der Waals surface area contributed by atoms with E-state index in [2.05, 4.69) is 20.5 Å². The lowest BCUT2D eigenvalue weighted by Gasteiger charge is -2.09. The van der Waals surface area contributed by atoms with Crippen LogP contribution in [0.3, 0.4) is 0 Å². The fraction of sp³-hybridized carbons (Fsp3) is 0.182. The van der Waals surface area contributed by atoms with Gasteiger partial charge in [0.15, 0.2) is 5.16 Å². The first-order valence-electron chi connectivity index (χ1n) is 5.70. The third-order valence-corrected chi connectivity index (χ3v) is 3.28. The van der Waals surface area contributed by atoms with Crippen molar-refractivity contribution in [1.29, 1.82) is 0 Å². The molecule has 0 aliphatic heterocycles. The molecule has 0 unspecified atom stereocenters. The molecule has 2 N–H and O–H groups in total. The van der Waals surface area contributed by atoms with Gasteiger partial charge in [-0.1, -0.05) is 11.8 Å². The number of nitrogens with one attached hydrogen (secondary N) is 2. The number of hydrogen-bond donors (Lipinski definition) is 2. The van der Waals surface area contributed by atoms with Crippen molar-refractivity contribution in [1.82, 2.24) is 15.2 Å². The molecule has 0 bridgehead atoms. The molecule has 1 amide bonds. The molecule has 1 aromatic heterocycles. The Labute approximate surface area is 123 Å². The highest BCUT2D eigenvalue weighted by molar-refractivity contribution is 7.99. The molecule has 21 heavy (non-hydrogen) atoms. The van der Waals surface area contributed by atoms with Gasteiger partial charge < -0.3 is 10.1 Å². The number of nitro groups is 1. The zero-order valence-corrected chi connectivity index (χ0v) is 11.7. The Bertz CT molecular complexity index is 646. The minimum absolute atomic E-state index is 0.0844. The predicted molar refractivity (Wildman–Crippen MR) is 75.4 cm³/mol. The summed E-state index contributed by atoms with van der Waals surface area (Å²) in [5.74, 6) is 0.0925. The van der Waals surface area contributed by atoms with E-state index in [1.807, 2.05) is 0 Å². The number of H-pyrrole nitrogens is 1. The summed E-state index contributed by atoms with van der Waals surface area (Å²) in [6, 6.07) is 3.98. The number of nitro benzene ring substituents is 1. The molecule has 0 fully saturated rings. The average Bonchev–Trinajstić information content (AvgIpc) is 2.98. The van der Waals surface area contributed by atoms with E-state index in [9.17, 15) is 14.9 Å². The first kappa shape index (κ1) is 14.8. The van der Waals surface area contributed by atoms with Gasteiger partial charge in [-0.05, 0) is 6.07 Å². The molecular formula is C11H11N5O4S. The normalized spacial score (nSPS) is 10.1. The number of anilines is 1. The molecule has 2 rings (SSSR count). The molecule has 1 heterocycles. The van der Waals surface area contributed by atoms with Gasteiger partial charge in [-0.2, -0.15) is 5.10 Å². The number of carbonyl (C=O) groups excluding carboxylic acids is 1. The SMILES string of the molecule is COc1ccc([N+](=O)[O-])cc1NC(=O)CSc1ncn[nH]1. The lowest BCUT2D eigenvalue weighted by molar-refractivity contribution is -0.384. The number of aromatic nitrogens is 3. The van der Waals surface area contributed by atoms with E-state index in [4.69, 9.17) is 4.74 Å². The molecule has 0 atom stereocenters. The van der Waals surface area contributed by atoms with E-state index >= 15 is 0 Å². The fourth-order valence-electron chi connectivity index (χ4n) is 1.49. The number of thioether (sulfide) groups is 1. The first-order chi connectivity index (χ1) is 10.1. The van der Waals surface area contributed by atoms with Crippen LogP contribution in [0.1, 0.15) is 0 Å². The first-order valence-corrected chi connectivity index (χ1v) is 6.69. The van der Waals surface area contributed by atoms with Gasteiger partial charge in [-0.15, -0.1) is 0 Å². The Morgan fingerprint density at radius 3 is 3.00 bits per heavy atom. The Balaban J connectivity index is 2.04. The maximum absolute atomic E-state index is 11.8. The van der Waals surface area contributed by atoms with Crippen molar-refractivity contribution in [2.24, 2.45) is 0 Å². The number of hydrogen-bond acceptors (Lipinski definition) is 7. The third kappa shape index (κ3) is 3.92. The van der Waals surface area contributed by atoms with Crippen LogP contribution in [0.15, 0.2) is 29.7 Å². The van der Waals surface area contributed by atoms with Crippen LogP contribution in [-0.4, -0.2) is 38.9 Å². The molecule has 1 aromatic carbocycles. The van der Waals surface area contributed by atoms with Crippen molar-refractivity contribution < 1.29 is 14.5 Å². The number of methoxy groups -OCH3 is 1. The van der Waals surface area contributed by atoms with Gasteiger partial charge in [-0.25, -0.2) is 4.98 Å².